The fraction of sp³-hybridized carbons (Fsp3) is 0.333. The van der Waals surface area contributed by atoms with Crippen LogP contribution in [0.25, 0.3) is 0 Å². The van der Waals surface area contributed by atoms with Gasteiger partial charge in [0.1, 0.15) is 5.75 Å². The Kier molecular flexibility index (Phi) is 5.20. The molecule has 2 aromatic rings. The van der Waals surface area contributed by atoms with Crippen molar-refractivity contribution in [1.29, 1.82) is 0 Å². The van der Waals surface area contributed by atoms with Crippen LogP contribution in [0.4, 0.5) is 5.69 Å². The number of hydrogen-bond acceptors (Lipinski definition) is 4. The maximum Gasteiger partial charge on any atom is 0.263 e. The van der Waals surface area contributed by atoms with Crippen molar-refractivity contribution in [3.8, 4) is 5.75 Å². The quantitative estimate of drug-likeness (QED) is 0.854. The van der Waals surface area contributed by atoms with Crippen LogP contribution in [0.3, 0.4) is 0 Å². The Bertz CT molecular complexity index is 688. The molecular formula is C18H20ClN3O2. The lowest BCUT2D eigenvalue weighted by Gasteiger charge is -2.37. The monoisotopic (exact) mass is 345 g/mol. The van der Waals surface area contributed by atoms with Crippen molar-refractivity contribution >= 4 is 23.2 Å². The molecule has 1 aliphatic heterocycles. The van der Waals surface area contributed by atoms with Gasteiger partial charge in [0.15, 0.2) is 6.10 Å². The number of carbonyl (C=O) groups is 1. The predicted molar refractivity (Wildman–Crippen MR) is 94.6 cm³/mol. The van der Waals surface area contributed by atoms with E-state index in [2.05, 4.69) is 9.88 Å². The Balaban J connectivity index is 1.56. The summed E-state index contributed by atoms with van der Waals surface area (Å²) in [6, 6.07) is 11.2. The van der Waals surface area contributed by atoms with Crippen LogP contribution in [0.1, 0.15) is 6.92 Å². The lowest BCUT2D eigenvalue weighted by Crippen LogP contribution is -2.52. The molecule has 1 saturated heterocycles. The van der Waals surface area contributed by atoms with Crippen LogP contribution in [-0.2, 0) is 4.79 Å². The van der Waals surface area contributed by atoms with Crippen molar-refractivity contribution in [1.82, 2.24) is 9.88 Å². The van der Waals surface area contributed by atoms with Crippen molar-refractivity contribution in [2.24, 2.45) is 0 Å². The molecule has 0 N–H and O–H groups in total. The molecule has 6 heteroatoms. The second kappa shape index (κ2) is 7.53. The topological polar surface area (TPSA) is 45.7 Å². The first-order chi connectivity index (χ1) is 11.6. The first-order valence-electron chi connectivity index (χ1n) is 8.00. The molecule has 0 spiro atoms. The third kappa shape index (κ3) is 3.79. The molecule has 1 fully saturated rings. The summed E-state index contributed by atoms with van der Waals surface area (Å²) >= 11 is 6.08. The van der Waals surface area contributed by atoms with Gasteiger partial charge in [0, 0.05) is 44.3 Å². The van der Waals surface area contributed by atoms with Gasteiger partial charge in [-0.15, -0.1) is 0 Å². The van der Waals surface area contributed by atoms with E-state index in [9.17, 15) is 4.79 Å². The summed E-state index contributed by atoms with van der Waals surface area (Å²) in [6.07, 6.45) is 3.01. The first kappa shape index (κ1) is 16.6. The molecule has 1 unspecified atom stereocenters. The number of pyridine rings is 1. The fourth-order valence-corrected chi connectivity index (χ4v) is 2.96. The SMILES string of the molecule is CC(Oc1ccccc1Cl)C(=O)N1CCN(c2ccncc2)CC1. The molecule has 1 aromatic heterocycles. The zero-order chi connectivity index (χ0) is 16.9. The van der Waals surface area contributed by atoms with Gasteiger partial charge in [-0.2, -0.15) is 0 Å². The Morgan fingerprint density at radius 3 is 2.46 bits per heavy atom. The summed E-state index contributed by atoms with van der Waals surface area (Å²) < 4.78 is 5.73. The van der Waals surface area contributed by atoms with E-state index in [1.165, 1.54) is 0 Å². The number of para-hydroxylation sites is 1. The summed E-state index contributed by atoms with van der Waals surface area (Å²) in [4.78, 5) is 20.7. The fourth-order valence-electron chi connectivity index (χ4n) is 2.78. The van der Waals surface area contributed by atoms with E-state index in [4.69, 9.17) is 16.3 Å². The largest absolute Gasteiger partial charge is 0.479 e. The highest BCUT2D eigenvalue weighted by atomic mass is 35.5. The molecule has 1 atom stereocenters. The second-order valence-corrected chi connectivity index (χ2v) is 6.12. The average Bonchev–Trinajstić information content (AvgIpc) is 2.64. The van der Waals surface area contributed by atoms with Crippen molar-refractivity contribution in [2.75, 3.05) is 31.1 Å². The molecule has 1 aromatic carbocycles. The van der Waals surface area contributed by atoms with Crippen LogP contribution in [-0.4, -0.2) is 48.1 Å². The minimum absolute atomic E-state index is 0.00991. The van der Waals surface area contributed by atoms with E-state index in [0.717, 1.165) is 18.8 Å². The molecule has 2 heterocycles. The Morgan fingerprint density at radius 2 is 1.79 bits per heavy atom. The van der Waals surface area contributed by atoms with Crippen LogP contribution in [0.5, 0.6) is 5.75 Å². The molecule has 5 nitrogen and oxygen atoms in total. The van der Waals surface area contributed by atoms with Gasteiger partial charge in [-0.05, 0) is 31.2 Å². The smallest absolute Gasteiger partial charge is 0.263 e. The number of benzene rings is 1. The van der Waals surface area contributed by atoms with Crippen molar-refractivity contribution in [2.45, 2.75) is 13.0 Å². The van der Waals surface area contributed by atoms with Crippen LogP contribution in [0.2, 0.25) is 5.02 Å². The maximum absolute atomic E-state index is 12.6. The number of carbonyl (C=O) groups excluding carboxylic acids is 1. The molecule has 24 heavy (non-hydrogen) atoms. The van der Waals surface area contributed by atoms with E-state index in [-0.39, 0.29) is 5.91 Å². The minimum atomic E-state index is -0.558. The maximum atomic E-state index is 12.6. The second-order valence-electron chi connectivity index (χ2n) is 5.71. The Labute approximate surface area is 146 Å². The summed E-state index contributed by atoms with van der Waals surface area (Å²) in [5, 5.41) is 0.514. The van der Waals surface area contributed by atoms with E-state index >= 15 is 0 Å². The molecule has 1 amide bonds. The van der Waals surface area contributed by atoms with Crippen molar-refractivity contribution in [3.63, 3.8) is 0 Å². The van der Waals surface area contributed by atoms with E-state index in [1.54, 1.807) is 31.5 Å². The highest BCUT2D eigenvalue weighted by Crippen LogP contribution is 2.24. The lowest BCUT2D eigenvalue weighted by atomic mass is 10.2. The van der Waals surface area contributed by atoms with E-state index < -0.39 is 6.10 Å². The number of aromatic nitrogens is 1. The van der Waals surface area contributed by atoms with Gasteiger partial charge in [-0.1, -0.05) is 23.7 Å². The van der Waals surface area contributed by atoms with Gasteiger partial charge >= 0.3 is 0 Å². The Morgan fingerprint density at radius 1 is 1.12 bits per heavy atom. The zero-order valence-electron chi connectivity index (χ0n) is 13.6. The molecular weight excluding hydrogens is 326 g/mol. The zero-order valence-corrected chi connectivity index (χ0v) is 14.3. The molecule has 3 rings (SSSR count). The number of hydrogen-bond donors (Lipinski definition) is 0. The summed E-state index contributed by atoms with van der Waals surface area (Å²) in [5.41, 5.74) is 1.14. The predicted octanol–water partition coefficient (Wildman–Crippen LogP) is 2.85. The molecule has 1 aliphatic rings. The van der Waals surface area contributed by atoms with Crippen LogP contribution < -0.4 is 9.64 Å². The van der Waals surface area contributed by atoms with Crippen molar-refractivity contribution < 1.29 is 9.53 Å². The Hall–Kier alpha value is -2.27. The minimum Gasteiger partial charge on any atom is -0.479 e. The lowest BCUT2D eigenvalue weighted by molar-refractivity contribution is -0.138. The summed E-state index contributed by atoms with van der Waals surface area (Å²) in [6.45, 7) is 4.72. The van der Waals surface area contributed by atoms with Gasteiger partial charge < -0.3 is 14.5 Å². The number of amides is 1. The summed E-state index contributed by atoms with van der Waals surface area (Å²) in [5.74, 6) is 0.528. The van der Waals surface area contributed by atoms with Gasteiger partial charge in [-0.25, -0.2) is 0 Å². The van der Waals surface area contributed by atoms with Crippen molar-refractivity contribution in [3.05, 3.63) is 53.8 Å². The standard InChI is InChI=1S/C18H20ClN3O2/c1-14(24-17-5-3-2-4-16(17)19)18(23)22-12-10-21(11-13-22)15-6-8-20-9-7-15/h2-9,14H,10-13H2,1H3. The van der Waals surface area contributed by atoms with Gasteiger partial charge in [0.05, 0.1) is 5.02 Å². The molecule has 0 radical (unpaired) electrons. The third-order valence-corrected chi connectivity index (χ3v) is 4.42. The van der Waals surface area contributed by atoms with Gasteiger partial charge in [0.2, 0.25) is 0 Å². The number of ether oxygens (including phenoxy) is 1. The number of halogens is 1. The van der Waals surface area contributed by atoms with E-state index in [1.807, 2.05) is 29.2 Å². The summed E-state index contributed by atoms with van der Waals surface area (Å²) in [7, 11) is 0. The molecule has 126 valence electrons. The van der Waals surface area contributed by atoms with Gasteiger partial charge in [-0.3, -0.25) is 9.78 Å². The van der Waals surface area contributed by atoms with Crippen LogP contribution >= 0.6 is 11.6 Å². The number of piperazine rings is 1. The number of rotatable bonds is 4. The number of nitrogens with zero attached hydrogens (tertiary/aromatic N) is 3. The normalized spacial score (nSPS) is 15.9. The molecule has 0 bridgehead atoms. The molecule has 0 aliphatic carbocycles. The highest BCUT2D eigenvalue weighted by molar-refractivity contribution is 6.32. The molecule has 0 saturated carbocycles. The first-order valence-corrected chi connectivity index (χ1v) is 8.38. The average molecular weight is 346 g/mol. The number of anilines is 1. The highest BCUT2D eigenvalue weighted by Gasteiger charge is 2.26. The van der Waals surface area contributed by atoms with Crippen LogP contribution in [0.15, 0.2) is 48.8 Å². The third-order valence-electron chi connectivity index (χ3n) is 4.11. The van der Waals surface area contributed by atoms with Gasteiger partial charge in [0.25, 0.3) is 5.91 Å². The van der Waals surface area contributed by atoms with E-state index in [0.29, 0.717) is 23.9 Å². The van der Waals surface area contributed by atoms with Crippen LogP contribution in [0, 0.1) is 0 Å².